The molecule has 8 heteroatoms. The van der Waals surface area contributed by atoms with E-state index in [0.29, 0.717) is 15.7 Å². The largest absolute Gasteiger partial charge is 0.484 e. The van der Waals surface area contributed by atoms with E-state index >= 15 is 0 Å². The molecule has 1 aliphatic heterocycles. The van der Waals surface area contributed by atoms with Crippen LogP contribution in [0.5, 0.6) is 5.75 Å². The van der Waals surface area contributed by atoms with E-state index in [1.54, 1.807) is 54.6 Å². The van der Waals surface area contributed by atoms with E-state index in [2.05, 4.69) is 19.2 Å². The average Bonchev–Trinajstić information content (AvgIpc) is 3.12. The predicted molar refractivity (Wildman–Crippen MR) is 144 cm³/mol. The lowest BCUT2D eigenvalue weighted by Crippen LogP contribution is -2.27. The lowest BCUT2D eigenvalue weighted by molar-refractivity contribution is -0.123. The summed E-state index contributed by atoms with van der Waals surface area (Å²) >= 11 is 6.81. The van der Waals surface area contributed by atoms with Crippen molar-refractivity contribution in [3.05, 3.63) is 99.4 Å². The van der Waals surface area contributed by atoms with Gasteiger partial charge in [0.1, 0.15) is 5.75 Å². The monoisotopic (exact) mass is 520 g/mol. The number of ether oxygens (including phenoxy) is 1. The Kier molecular flexibility index (Phi) is 8.13. The van der Waals surface area contributed by atoms with Crippen LogP contribution in [0.25, 0.3) is 6.08 Å². The van der Waals surface area contributed by atoms with Crippen LogP contribution in [-0.4, -0.2) is 28.6 Å². The number of hydrogen-bond donors (Lipinski definition) is 1. The van der Waals surface area contributed by atoms with Crippen molar-refractivity contribution in [1.29, 1.82) is 0 Å². The molecule has 3 aromatic rings. The van der Waals surface area contributed by atoms with E-state index in [1.807, 2.05) is 24.3 Å². The summed E-state index contributed by atoms with van der Waals surface area (Å²) in [4.78, 5) is 39.1. The van der Waals surface area contributed by atoms with Crippen molar-refractivity contribution < 1.29 is 19.1 Å². The molecule has 1 N–H and O–H groups in total. The smallest absolute Gasteiger partial charge is 0.293 e. The quantitative estimate of drug-likeness (QED) is 0.334. The van der Waals surface area contributed by atoms with Crippen LogP contribution in [0.3, 0.4) is 0 Å². The Labute approximate surface area is 219 Å². The molecular weight excluding hydrogens is 496 g/mol. The maximum atomic E-state index is 12.8. The van der Waals surface area contributed by atoms with Gasteiger partial charge >= 0.3 is 0 Å². The number of halogens is 1. The summed E-state index contributed by atoms with van der Waals surface area (Å²) in [6, 6.07) is 21.7. The molecule has 0 aromatic heterocycles. The molecule has 1 fully saturated rings. The first-order valence-corrected chi connectivity index (χ1v) is 12.6. The topological polar surface area (TPSA) is 75.7 Å². The zero-order chi connectivity index (χ0) is 25.7. The van der Waals surface area contributed by atoms with Crippen molar-refractivity contribution >= 4 is 52.2 Å². The van der Waals surface area contributed by atoms with Crippen LogP contribution >= 0.6 is 23.4 Å². The molecule has 1 aliphatic rings. The standard InChI is InChI=1S/C28H25ClN2O4S/c1-18(2)23-5-3-4-6-24(23)30-26(32)17-35-22-13-9-19(10-14-22)15-25-27(33)31(28(34)36-25)16-20-7-11-21(29)12-8-20/h3-15,18H,16-17H2,1-2H3,(H,30,32)/b25-15+. The number of nitrogens with one attached hydrogen (secondary N) is 1. The maximum absolute atomic E-state index is 12.8. The molecule has 0 atom stereocenters. The number of hydrogen-bond acceptors (Lipinski definition) is 5. The molecule has 0 saturated carbocycles. The number of nitrogens with zero attached hydrogens (tertiary/aromatic N) is 1. The third-order valence-electron chi connectivity index (χ3n) is 5.53. The molecule has 1 heterocycles. The molecule has 0 radical (unpaired) electrons. The van der Waals surface area contributed by atoms with Gasteiger partial charge in [-0.2, -0.15) is 0 Å². The van der Waals surface area contributed by atoms with Gasteiger partial charge in [0, 0.05) is 10.7 Å². The summed E-state index contributed by atoms with van der Waals surface area (Å²) in [6.07, 6.45) is 1.67. The SMILES string of the molecule is CC(C)c1ccccc1NC(=O)COc1ccc(/C=C2/SC(=O)N(Cc3ccc(Cl)cc3)C2=O)cc1. The van der Waals surface area contributed by atoms with Crippen LogP contribution in [0.15, 0.2) is 77.7 Å². The Bertz CT molecular complexity index is 1300. The van der Waals surface area contributed by atoms with Crippen molar-refractivity contribution in [2.45, 2.75) is 26.3 Å². The molecule has 0 spiro atoms. The fourth-order valence-corrected chi connectivity index (χ4v) is 4.63. The van der Waals surface area contributed by atoms with Crippen LogP contribution in [0, 0.1) is 0 Å². The lowest BCUT2D eigenvalue weighted by atomic mass is 10.0. The second-order valence-corrected chi connectivity index (χ2v) is 9.97. The van der Waals surface area contributed by atoms with Gasteiger partial charge in [0.2, 0.25) is 0 Å². The van der Waals surface area contributed by atoms with Gasteiger partial charge in [-0.1, -0.05) is 67.9 Å². The zero-order valence-electron chi connectivity index (χ0n) is 19.9. The Morgan fingerprint density at radius 2 is 1.72 bits per heavy atom. The number of para-hydroxylation sites is 1. The van der Waals surface area contributed by atoms with Gasteiger partial charge in [-0.25, -0.2) is 0 Å². The molecule has 184 valence electrons. The van der Waals surface area contributed by atoms with Gasteiger partial charge < -0.3 is 10.1 Å². The van der Waals surface area contributed by atoms with E-state index in [0.717, 1.165) is 34.1 Å². The first kappa shape index (κ1) is 25.5. The van der Waals surface area contributed by atoms with Crippen LogP contribution in [-0.2, 0) is 16.1 Å². The summed E-state index contributed by atoms with van der Waals surface area (Å²) in [7, 11) is 0. The van der Waals surface area contributed by atoms with E-state index in [1.165, 1.54) is 4.90 Å². The molecule has 3 amide bonds. The normalized spacial score (nSPS) is 14.6. The van der Waals surface area contributed by atoms with Crippen molar-refractivity contribution in [3.8, 4) is 5.75 Å². The Hall–Kier alpha value is -3.55. The van der Waals surface area contributed by atoms with Gasteiger partial charge in [-0.05, 0) is 70.8 Å². The first-order valence-electron chi connectivity index (χ1n) is 11.4. The second-order valence-electron chi connectivity index (χ2n) is 8.54. The molecule has 3 aromatic carbocycles. The summed E-state index contributed by atoms with van der Waals surface area (Å²) in [5, 5.41) is 3.18. The van der Waals surface area contributed by atoms with Crippen molar-refractivity contribution in [2.24, 2.45) is 0 Å². The highest BCUT2D eigenvalue weighted by atomic mass is 35.5. The third-order valence-corrected chi connectivity index (χ3v) is 6.69. The van der Waals surface area contributed by atoms with E-state index < -0.39 is 0 Å². The number of amides is 3. The van der Waals surface area contributed by atoms with Crippen molar-refractivity contribution in [2.75, 3.05) is 11.9 Å². The van der Waals surface area contributed by atoms with E-state index in [4.69, 9.17) is 16.3 Å². The second kappa shape index (κ2) is 11.5. The molecule has 6 nitrogen and oxygen atoms in total. The van der Waals surface area contributed by atoms with Gasteiger partial charge in [0.15, 0.2) is 6.61 Å². The number of benzene rings is 3. The Balaban J connectivity index is 1.34. The van der Waals surface area contributed by atoms with Crippen LogP contribution in [0.4, 0.5) is 10.5 Å². The van der Waals surface area contributed by atoms with Crippen LogP contribution in [0.1, 0.15) is 36.5 Å². The molecule has 4 rings (SSSR count). The average molecular weight is 521 g/mol. The van der Waals surface area contributed by atoms with Crippen molar-refractivity contribution in [1.82, 2.24) is 4.90 Å². The molecule has 0 bridgehead atoms. The highest BCUT2D eigenvalue weighted by Crippen LogP contribution is 2.33. The molecular formula is C28H25ClN2O4S. The van der Waals surface area contributed by atoms with Crippen LogP contribution in [0.2, 0.25) is 5.02 Å². The Morgan fingerprint density at radius 3 is 2.42 bits per heavy atom. The summed E-state index contributed by atoms with van der Waals surface area (Å²) in [6.45, 7) is 4.21. The van der Waals surface area contributed by atoms with Gasteiger partial charge in [0.25, 0.3) is 17.1 Å². The number of thioether (sulfide) groups is 1. The first-order chi connectivity index (χ1) is 17.3. The fraction of sp³-hybridized carbons (Fsp3) is 0.179. The summed E-state index contributed by atoms with van der Waals surface area (Å²) in [5.41, 5.74) is 3.41. The van der Waals surface area contributed by atoms with Crippen molar-refractivity contribution in [3.63, 3.8) is 0 Å². The predicted octanol–water partition coefficient (Wildman–Crippen LogP) is 6.72. The summed E-state index contributed by atoms with van der Waals surface area (Å²) in [5.74, 6) is 0.226. The van der Waals surface area contributed by atoms with E-state index in [-0.39, 0.29) is 36.1 Å². The van der Waals surface area contributed by atoms with E-state index in [9.17, 15) is 14.4 Å². The highest BCUT2D eigenvalue weighted by Gasteiger charge is 2.34. The van der Waals surface area contributed by atoms with Crippen LogP contribution < -0.4 is 10.1 Å². The fourth-order valence-electron chi connectivity index (χ4n) is 3.67. The van der Waals surface area contributed by atoms with Gasteiger partial charge in [0.05, 0.1) is 11.4 Å². The molecule has 0 aliphatic carbocycles. The Morgan fingerprint density at radius 1 is 1.03 bits per heavy atom. The third kappa shape index (κ3) is 6.36. The zero-order valence-corrected chi connectivity index (χ0v) is 21.4. The number of carbonyl (C=O) groups excluding carboxylic acids is 3. The number of anilines is 1. The van der Waals surface area contributed by atoms with Gasteiger partial charge in [-0.15, -0.1) is 0 Å². The molecule has 36 heavy (non-hydrogen) atoms. The lowest BCUT2D eigenvalue weighted by Gasteiger charge is -2.14. The minimum absolute atomic E-state index is 0.130. The molecule has 1 saturated heterocycles. The number of imide groups is 1. The number of carbonyl (C=O) groups is 3. The molecule has 0 unspecified atom stereocenters. The maximum Gasteiger partial charge on any atom is 0.293 e. The summed E-state index contributed by atoms with van der Waals surface area (Å²) < 4.78 is 5.62. The minimum Gasteiger partial charge on any atom is -0.484 e. The van der Waals surface area contributed by atoms with Gasteiger partial charge in [-0.3, -0.25) is 19.3 Å². The minimum atomic E-state index is -0.335. The number of rotatable bonds is 8. The highest BCUT2D eigenvalue weighted by molar-refractivity contribution is 8.18.